The highest BCUT2D eigenvalue weighted by Crippen LogP contribution is 2.13. The summed E-state index contributed by atoms with van der Waals surface area (Å²) in [7, 11) is 0. The van der Waals surface area contributed by atoms with Crippen molar-refractivity contribution in [1.82, 2.24) is 0 Å². The highest BCUT2D eigenvalue weighted by atomic mass is 16.5. The third-order valence-corrected chi connectivity index (χ3v) is 1.95. The van der Waals surface area contributed by atoms with Crippen LogP contribution in [0.4, 0.5) is 0 Å². The molecule has 0 aromatic heterocycles. The first kappa shape index (κ1) is 11.8. The van der Waals surface area contributed by atoms with Crippen LogP contribution in [0.5, 0.6) is 5.75 Å². The van der Waals surface area contributed by atoms with Crippen LogP contribution in [-0.2, 0) is 4.74 Å². The van der Waals surface area contributed by atoms with Crippen LogP contribution in [0.15, 0.2) is 36.9 Å². The third kappa shape index (κ3) is 4.66. The lowest BCUT2D eigenvalue weighted by Crippen LogP contribution is -2.19. The van der Waals surface area contributed by atoms with Gasteiger partial charge in [0.15, 0.2) is 0 Å². The molecular formula is C13H18O2. The van der Waals surface area contributed by atoms with Gasteiger partial charge in [-0.05, 0) is 26.0 Å². The van der Waals surface area contributed by atoms with Crippen molar-refractivity contribution in [2.45, 2.75) is 20.0 Å². The number of benzene rings is 1. The van der Waals surface area contributed by atoms with E-state index in [0.29, 0.717) is 13.2 Å². The Kier molecular flexibility index (Phi) is 4.91. The fraction of sp³-hybridized carbons (Fsp3) is 0.385. The first-order valence-electron chi connectivity index (χ1n) is 5.14. The van der Waals surface area contributed by atoms with Crippen LogP contribution in [0.3, 0.4) is 0 Å². The normalized spacial score (nSPS) is 12.1. The van der Waals surface area contributed by atoms with E-state index in [0.717, 1.165) is 5.75 Å². The van der Waals surface area contributed by atoms with Crippen molar-refractivity contribution in [3.05, 3.63) is 42.5 Å². The number of hydrogen-bond donors (Lipinski definition) is 0. The number of rotatable bonds is 6. The van der Waals surface area contributed by atoms with Gasteiger partial charge in [-0.2, -0.15) is 0 Å². The van der Waals surface area contributed by atoms with Crippen molar-refractivity contribution >= 4 is 0 Å². The molecule has 1 unspecified atom stereocenters. The maximum absolute atomic E-state index is 5.66. The van der Waals surface area contributed by atoms with Crippen molar-refractivity contribution in [2.24, 2.45) is 0 Å². The van der Waals surface area contributed by atoms with Crippen LogP contribution in [0.25, 0.3) is 0 Å². The molecule has 0 amide bonds. The molecular weight excluding hydrogens is 188 g/mol. The monoisotopic (exact) mass is 206 g/mol. The summed E-state index contributed by atoms with van der Waals surface area (Å²) in [6.45, 7) is 8.78. The van der Waals surface area contributed by atoms with Crippen molar-refractivity contribution in [3.63, 3.8) is 0 Å². The van der Waals surface area contributed by atoms with Crippen LogP contribution >= 0.6 is 0 Å². The number of hydrogen-bond acceptors (Lipinski definition) is 2. The van der Waals surface area contributed by atoms with Gasteiger partial charge in [-0.1, -0.05) is 23.8 Å². The Balaban J connectivity index is 2.34. The summed E-state index contributed by atoms with van der Waals surface area (Å²) in [5, 5.41) is 0. The molecule has 1 aromatic rings. The summed E-state index contributed by atoms with van der Waals surface area (Å²) in [5.41, 5.74) is 1.23. The van der Waals surface area contributed by atoms with Gasteiger partial charge >= 0.3 is 0 Å². The first-order valence-corrected chi connectivity index (χ1v) is 5.14. The molecule has 15 heavy (non-hydrogen) atoms. The topological polar surface area (TPSA) is 18.5 Å². The summed E-state index contributed by atoms with van der Waals surface area (Å²) < 4.78 is 11.0. The van der Waals surface area contributed by atoms with E-state index in [-0.39, 0.29) is 6.10 Å². The zero-order valence-electron chi connectivity index (χ0n) is 9.40. The van der Waals surface area contributed by atoms with E-state index in [1.165, 1.54) is 5.56 Å². The first-order chi connectivity index (χ1) is 7.22. The van der Waals surface area contributed by atoms with Crippen LogP contribution in [0.1, 0.15) is 12.5 Å². The molecule has 2 heteroatoms. The predicted octanol–water partition coefficient (Wildman–Crippen LogP) is 2.96. The highest BCUT2D eigenvalue weighted by Gasteiger charge is 2.02. The minimum absolute atomic E-state index is 0.0626. The highest BCUT2D eigenvalue weighted by molar-refractivity contribution is 5.26. The van der Waals surface area contributed by atoms with E-state index in [1.807, 2.05) is 31.2 Å². The molecule has 0 radical (unpaired) electrons. The van der Waals surface area contributed by atoms with Crippen molar-refractivity contribution < 1.29 is 9.47 Å². The maximum atomic E-state index is 5.66. The van der Waals surface area contributed by atoms with Crippen molar-refractivity contribution in [2.75, 3.05) is 13.2 Å². The number of ether oxygens (including phenoxy) is 2. The lowest BCUT2D eigenvalue weighted by molar-refractivity contribution is 0.0737. The zero-order valence-corrected chi connectivity index (χ0v) is 9.40. The van der Waals surface area contributed by atoms with E-state index in [9.17, 15) is 0 Å². The second-order valence-corrected chi connectivity index (χ2v) is 3.57. The van der Waals surface area contributed by atoms with Crippen LogP contribution in [0.2, 0.25) is 0 Å². The molecule has 0 saturated heterocycles. The average Bonchev–Trinajstić information content (AvgIpc) is 2.22. The molecule has 0 aliphatic carbocycles. The van der Waals surface area contributed by atoms with Gasteiger partial charge in [0.05, 0.1) is 13.2 Å². The fourth-order valence-electron chi connectivity index (χ4n) is 1.20. The van der Waals surface area contributed by atoms with Gasteiger partial charge in [-0.3, -0.25) is 0 Å². The summed E-state index contributed by atoms with van der Waals surface area (Å²) in [4.78, 5) is 0. The molecule has 82 valence electrons. The molecule has 0 N–H and O–H groups in total. The van der Waals surface area contributed by atoms with Crippen LogP contribution in [-0.4, -0.2) is 19.3 Å². The lowest BCUT2D eigenvalue weighted by atomic mass is 10.2. The van der Waals surface area contributed by atoms with Gasteiger partial charge in [0, 0.05) is 0 Å². The van der Waals surface area contributed by atoms with Gasteiger partial charge in [-0.25, -0.2) is 0 Å². The SMILES string of the molecule is C=CCOCC(C)Oc1ccc(C)cc1. The molecule has 0 heterocycles. The third-order valence-electron chi connectivity index (χ3n) is 1.95. The van der Waals surface area contributed by atoms with Gasteiger partial charge in [-0.15, -0.1) is 6.58 Å². The largest absolute Gasteiger partial charge is 0.488 e. The lowest BCUT2D eigenvalue weighted by Gasteiger charge is -2.14. The molecule has 0 aliphatic rings. The molecule has 1 rings (SSSR count). The minimum Gasteiger partial charge on any atom is -0.488 e. The Morgan fingerprint density at radius 2 is 2.00 bits per heavy atom. The van der Waals surface area contributed by atoms with Gasteiger partial charge < -0.3 is 9.47 Å². The molecule has 0 aliphatic heterocycles. The summed E-state index contributed by atoms with van der Waals surface area (Å²) in [5.74, 6) is 0.885. The minimum atomic E-state index is 0.0626. The standard InChI is InChI=1S/C13H18O2/c1-4-9-14-10-12(3)15-13-7-5-11(2)6-8-13/h4-8,12H,1,9-10H2,2-3H3. The molecule has 0 saturated carbocycles. The molecule has 1 aromatic carbocycles. The molecule has 0 fully saturated rings. The molecule has 0 spiro atoms. The van der Waals surface area contributed by atoms with Crippen LogP contribution < -0.4 is 4.74 Å². The van der Waals surface area contributed by atoms with Crippen LogP contribution in [0, 0.1) is 6.92 Å². The maximum Gasteiger partial charge on any atom is 0.119 e. The Morgan fingerprint density at radius 3 is 2.60 bits per heavy atom. The quantitative estimate of drug-likeness (QED) is 0.526. The average molecular weight is 206 g/mol. The van der Waals surface area contributed by atoms with Gasteiger partial charge in [0.2, 0.25) is 0 Å². The van der Waals surface area contributed by atoms with E-state index in [1.54, 1.807) is 6.08 Å². The summed E-state index contributed by atoms with van der Waals surface area (Å²) in [6.07, 6.45) is 1.80. The van der Waals surface area contributed by atoms with Gasteiger partial charge in [0.1, 0.15) is 11.9 Å². The van der Waals surface area contributed by atoms with E-state index >= 15 is 0 Å². The second kappa shape index (κ2) is 6.25. The summed E-state index contributed by atoms with van der Waals surface area (Å²) >= 11 is 0. The number of aryl methyl sites for hydroxylation is 1. The molecule has 1 atom stereocenters. The van der Waals surface area contributed by atoms with Gasteiger partial charge in [0.25, 0.3) is 0 Å². The Bertz CT molecular complexity index is 290. The predicted molar refractivity (Wildman–Crippen MR) is 62.3 cm³/mol. The van der Waals surface area contributed by atoms with Crippen molar-refractivity contribution in [1.29, 1.82) is 0 Å². The Morgan fingerprint density at radius 1 is 1.33 bits per heavy atom. The summed E-state index contributed by atoms with van der Waals surface area (Å²) in [6, 6.07) is 8.01. The van der Waals surface area contributed by atoms with E-state index in [4.69, 9.17) is 9.47 Å². The molecule has 0 bridgehead atoms. The molecule has 2 nitrogen and oxygen atoms in total. The Labute approximate surface area is 91.5 Å². The second-order valence-electron chi connectivity index (χ2n) is 3.57. The van der Waals surface area contributed by atoms with E-state index < -0.39 is 0 Å². The smallest absolute Gasteiger partial charge is 0.119 e. The zero-order chi connectivity index (χ0) is 11.1. The Hall–Kier alpha value is -1.28. The van der Waals surface area contributed by atoms with E-state index in [2.05, 4.69) is 13.5 Å². The van der Waals surface area contributed by atoms with Crippen molar-refractivity contribution in [3.8, 4) is 5.75 Å². The fourth-order valence-corrected chi connectivity index (χ4v) is 1.20.